The van der Waals surface area contributed by atoms with Crippen molar-refractivity contribution >= 4 is 16.5 Å². The summed E-state index contributed by atoms with van der Waals surface area (Å²) in [7, 11) is 1.53. The fourth-order valence-corrected chi connectivity index (χ4v) is 2.85. The van der Waals surface area contributed by atoms with E-state index >= 15 is 0 Å². The second kappa shape index (κ2) is 4.94. The van der Waals surface area contributed by atoms with E-state index in [-0.39, 0.29) is 11.7 Å². The van der Waals surface area contributed by atoms with Crippen molar-refractivity contribution in [2.24, 2.45) is 0 Å². The van der Waals surface area contributed by atoms with Gasteiger partial charge in [0.1, 0.15) is 11.6 Å². The molecule has 1 heterocycles. The van der Waals surface area contributed by atoms with Crippen LogP contribution in [0.5, 0.6) is 5.75 Å². The van der Waals surface area contributed by atoms with E-state index in [4.69, 9.17) is 10.5 Å². The van der Waals surface area contributed by atoms with Gasteiger partial charge in [0.2, 0.25) is 0 Å². The molecule has 0 spiro atoms. The first kappa shape index (κ1) is 12.8. The lowest BCUT2D eigenvalue weighted by atomic mass is 9.98. The number of ether oxygens (including phenoxy) is 1. The second-order valence-corrected chi connectivity index (χ2v) is 5.21. The highest BCUT2D eigenvalue weighted by molar-refractivity contribution is 7.15. The predicted octanol–water partition coefficient (Wildman–Crippen LogP) is 3.33. The molecule has 0 bridgehead atoms. The number of benzene rings is 1. The summed E-state index contributed by atoms with van der Waals surface area (Å²) >= 11 is 1.44. The van der Waals surface area contributed by atoms with Crippen molar-refractivity contribution in [1.82, 2.24) is 4.98 Å². The van der Waals surface area contributed by atoms with Crippen LogP contribution >= 0.6 is 11.3 Å². The second-order valence-electron chi connectivity index (χ2n) is 4.15. The highest BCUT2D eigenvalue weighted by Crippen LogP contribution is 2.34. The Morgan fingerprint density at radius 2 is 2.11 bits per heavy atom. The molecule has 0 saturated carbocycles. The van der Waals surface area contributed by atoms with Crippen molar-refractivity contribution in [1.29, 1.82) is 0 Å². The van der Waals surface area contributed by atoms with Gasteiger partial charge in [-0.2, -0.15) is 0 Å². The molecule has 1 aromatic carbocycles. The van der Waals surface area contributed by atoms with E-state index in [1.807, 2.05) is 19.9 Å². The fourth-order valence-electron chi connectivity index (χ4n) is 1.94. The van der Waals surface area contributed by atoms with E-state index < -0.39 is 0 Å². The third-order valence-electron chi connectivity index (χ3n) is 2.87. The average Bonchev–Trinajstić information content (AvgIpc) is 2.66. The van der Waals surface area contributed by atoms with Crippen LogP contribution in [0.15, 0.2) is 18.2 Å². The van der Waals surface area contributed by atoms with Crippen LogP contribution in [0.3, 0.4) is 0 Å². The lowest BCUT2D eigenvalue weighted by molar-refractivity contribution is 0.410. The number of rotatable bonds is 3. The average molecular weight is 266 g/mol. The molecule has 2 aromatic rings. The first-order valence-corrected chi connectivity index (χ1v) is 6.40. The zero-order chi connectivity index (χ0) is 13.3. The lowest BCUT2D eigenvalue weighted by Crippen LogP contribution is -1.97. The Morgan fingerprint density at radius 1 is 1.39 bits per heavy atom. The molecule has 2 N–H and O–H groups in total. The molecule has 0 radical (unpaired) electrons. The molecule has 0 aliphatic heterocycles. The Balaban J connectivity index is 2.42. The summed E-state index contributed by atoms with van der Waals surface area (Å²) in [6, 6.07) is 4.72. The smallest absolute Gasteiger partial charge is 0.180 e. The van der Waals surface area contributed by atoms with E-state index in [9.17, 15) is 4.39 Å². The Morgan fingerprint density at radius 3 is 2.67 bits per heavy atom. The summed E-state index contributed by atoms with van der Waals surface area (Å²) in [5.74, 6) is 0.266. The quantitative estimate of drug-likeness (QED) is 0.927. The summed E-state index contributed by atoms with van der Waals surface area (Å²) in [5, 5.41) is 0.540. The van der Waals surface area contributed by atoms with Gasteiger partial charge >= 0.3 is 0 Å². The summed E-state index contributed by atoms with van der Waals surface area (Å²) in [6.45, 7) is 3.92. The molecule has 0 fully saturated rings. The number of halogens is 1. The van der Waals surface area contributed by atoms with Gasteiger partial charge in [-0.3, -0.25) is 0 Å². The number of methoxy groups -OCH3 is 1. The van der Waals surface area contributed by atoms with Gasteiger partial charge in [-0.25, -0.2) is 9.37 Å². The zero-order valence-electron chi connectivity index (χ0n) is 10.5. The number of hydrogen-bond acceptors (Lipinski definition) is 4. The van der Waals surface area contributed by atoms with Crippen molar-refractivity contribution in [2.75, 3.05) is 12.8 Å². The molecule has 3 nitrogen and oxygen atoms in total. The molecular formula is C13H15FN2OS. The Labute approximate surface area is 109 Å². The third kappa shape index (κ3) is 2.46. The van der Waals surface area contributed by atoms with Gasteiger partial charge in [-0.1, -0.05) is 6.92 Å². The number of aryl methyl sites for hydroxylation is 1. The van der Waals surface area contributed by atoms with Gasteiger partial charge in [0.25, 0.3) is 0 Å². The first-order valence-electron chi connectivity index (χ1n) is 5.58. The SMILES string of the molecule is COc1cc(F)cc(C(C)c2sc(N)nc2C)c1. The largest absolute Gasteiger partial charge is 0.497 e. The molecule has 0 aliphatic rings. The molecule has 2 rings (SSSR count). The van der Waals surface area contributed by atoms with Crippen molar-refractivity contribution in [3.63, 3.8) is 0 Å². The minimum atomic E-state index is -0.300. The number of thiazole rings is 1. The molecular weight excluding hydrogens is 251 g/mol. The van der Waals surface area contributed by atoms with Crippen LogP contribution in [0.2, 0.25) is 0 Å². The molecule has 18 heavy (non-hydrogen) atoms. The topological polar surface area (TPSA) is 48.1 Å². The maximum absolute atomic E-state index is 13.5. The molecule has 0 amide bonds. The van der Waals surface area contributed by atoms with Crippen molar-refractivity contribution in [2.45, 2.75) is 19.8 Å². The summed E-state index contributed by atoms with van der Waals surface area (Å²) < 4.78 is 18.6. The van der Waals surface area contributed by atoms with Crippen molar-refractivity contribution < 1.29 is 9.13 Å². The highest BCUT2D eigenvalue weighted by Gasteiger charge is 2.16. The first-order chi connectivity index (χ1) is 8.51. The molecule has 0 saturated heterocycles. The Kier molecular flexibility index (Phi) is 3.52. The number of anilines is 1. The molecule has 1 unspecified atom stereocenters. The molecule has 96 valence electrons. The number of aromatic nitrogens is 1. The number of nitrogen functional groups attached to an aromatic ring is 1. The number of hydrogen-bond donors (Lipinski definition) is 1. The molecule has 1 aromatic heterocycles. The van der Waals surface area contributed by atoms with Crippen LogP contribution in [0.1, 0.15) is 29.0 Å². The molecule has 5 heteroatoms. The van der Waals surface area contributed by atoms with E-state index in [1.165, 1.54) is 30.6 Å². The Bertz CT molecular complexity index is 568. The Hall–Kier alpha value is -1.62. The minimum absolute atomic E-state index is 0.0457. The van der Waals surface area contributed by atoms with Gasteiger partial charge in [0.15, 0.2) is 5.13 Å². The van der Waals surface area contributed by atoms with Gasteiger partial charge in [-0.05, 0) is 24.6 Å². The minimum Gasteiger partial charge on any atom is -0.497 e. The maximum atomic E-state index is 13.5. The van der Waals surface area contributed by atoms with Crippen LogP contribution in [0.4, 0.5) is 9.52 Å². The lowest BCUT2D eigenvalue weighted by Gasteiger charge is -2.12. The summed E-state index contributed by atoms with van der Waals surface area (Å²) in [4.78, 5) is 5.25. The maximum Gasteiger partial charge on any atom is 0.180 e. The van der Waals surface area contributed by atoms with Crippen LogP contribution in [0, 0.1) is 12.7 Å². The number of nitrogens with zero attached hydrogens (tertiary/aromatic N) is 1. The van der Waals surface area contributed by atoms with Gasteiger partial charge in [0, 0.05) is 16.9 Å². The predicted molar refractivity (Wildman–Crippen MR) is 71.7 cm³/mol. The monoisotopic (exact) mass is 266 g/mol. The zero-order valence-corrected chi connectivity index (χ0v) is 11.3. The molecule has 0 aliphatic carbocycles. The number of nitrogens with two attached hydrogens (primary N) is 1. The normalized spacial score (nSPS) is 12.4. The van der Waals surface area contributed by atoms with Crippen LogP contribution in [0.25, 0.3) is 0 Å². The fraction of sp³-hybridized carbons (Fsp3) is 0.308. The van der Waals surface area contributed by atoms with E-state index in [0.29, 0.717) is 10.9 Å². The van der Waals surface area contributed by atoms with Crippen molar-refractivity contribution in [3.05, 3.63) is 40.2 Å². The molecule has 1 atom stereocenters. The van der Waals surface area contributed by atoms with Gasteiger partial charge in [-0.15, -0.1) is 11.3 Å². The summed E-state index contributed by atoms with van der Waals surface area (Å²) in [5.41, 5.74) is 7.45. The third-order valence-corrected chi connectivity index (χ3v) is 4.04. The van der Waals surface area contributed by atoms with Crippen LogP contribution < -0.4 is 10.5 Å². The van der Waals surface area contributed by atoms with Crippen LogP contribution in [-0.2, 0) is 0 Å². The summed E-state index contributed by atoms with van der Waals surface area (Å²) in [6.07, 6.45) is 0. The van der Waals surface area contributed by atoms with Crippen molar-refractivity contribution in [3.8, 4) is 5.75 Å². The van der Waals surface area contributed by atoms with Gasteiger partial charge < -0.3 is 10.5 Å². The van der Waals surface area contributed by atoms with E-state index in [0.717, 1.165) is 16.1 Å². The van der Waals surface area contributed by atoms with E-state index in [1.54, 1.807) is 0 Å². The van der Waals surface area contributed by atoms with E-state index in [2.05, 4.69) is 4.98 Å². The highest BCUT2D eigenvalue weighted by atomic mass is 32.1. The van der Waals surface area contributed by atoms with Crippen LogP contribution in [-0.4, -0.2) is 12.1 Å². The standard InChI is InChI=1S/C13H15FN2OS/c1-7(12-8(2)16-13(15)18-12)9-4-10(14)6-11(5-9)17-3/h4-7H,1-3H3,(H2,15,16). The van der Waals surface area contributed by atoms with Gasteiger partial charge in [0.05, 0.1) is 12.8 Å².